The van der Waals surface area contributed by atoms with Crippen LogP contribution in [0.2, 0.25) is 0 Å². The Morgan fingerprint density at radius 1 is 0.337 bits per heavy atom. The Hall–Kier alpha value is -12.5. The summed E-state index contributed by atoms with van der Waals surface area (Å²) in [5.74, 6) is 0. The summed E-state index contributed by atoms with van der Waals surface area (Å²) in [6.45, 7) is 15.4. The summed E-state index contributed by atoms with van der Waals surface area (Å²) in [7, 11) is 0. The molecule has 0 saturated heterocycles. The van der Waals surface area contributed by atoms with E-state index in [2.05, 4.69) is 337 Å². The van der Waals surface area contributed by atoms with Gasteiger partial charge in [-0.1, -0.05) is 24.3 Å². The lowest BCUT2D eigenvalue weighted by molar-refractivity contribution is -0.724. The fraction of sp³-hybridized carbons (Fsp3) is 0.234. The molecule has 0 amide bonds. The van der Waals surface area contributed by atoms with E-state index < -0.39 is 0 Å². The van der Waals surface area contributed by atoms with E-state index in [1.165, 1.54) is 0 Å². The monoisotopic (exact) mass is 1340 g/mol. The molecule has 24 nitrogen and oxygen atoms in total. The minimum atomic E-state index is 0.775. The van der Waals surface area contributed by atoms with Crippen molar-refractivity contribution < 1.29 is 18.7 Å². The van der Waals surface area contributed by atoms with Gasteiger partial charge >= 0.3 is 6.67 Å². The van der Waals surface area contributed by atoms with E-state index in [0.717, 1.165) is 209 Å². The van der Waals surface area contributed by atoms with Gasteiger partial charge in [-0.25, -0.2) is 9.98 Å². The van der Waals surface area contributed by atoms with Crippen LogP contribution in [0, 0.1) is 0 Å². The van der Waals surface area contributed by atoms with E-state index in [9.17, 15) is 0 Å². The number of hydrogen-bond acceptors (Lipinski definition) is 18. The first-order valence-corrected chi connectivity index (χ1v) is 34.5. The molecule has 0 aromatic carbocycles. The fourth-order valence-electron chi connectivity index (χ4n) is 13.9. The van der Waals surface area contributed by atoms with Crippen molar-refractivity contribution in [1.82, 2.24) is 93.6 Å². The van der Waals surface area contributed by atoms with Gasteiger partial charge in [-0.05, 0) is 91.0 Å². The summed E-state index contributed by atoms with van der Waals surface area (Å²) in [6, 6.07) is 39.9. The molecule has 0 aliphatic carbocycles. The zero-order valence-electron chi connectivity index (χ0n) is 56.4. The molecule has 13 aliphatic rings. The number of rotatable bonds is 0. The maximum atomic E-state index is 4.86. The smallest absolute Gasteiger partial charge is 0.337 e. The summed E-state index contributed by atoms with van der Waals surface area (Å²) < 4.78 is 6.81. The van der Waals surface area contributed by atoms with Crippen LogP contribution in [0.3, 0.4) is 0 Å². The van der Waals surface area contributed by atoms with Crippen molar-refractivity contribution in [2.24, 2.45) is 4.99 Å². The summed E-state index contributed by atoms with van der Waals surface area (Å²) in [4.78, 5) is 63.9. The van der Waals surface area contributed by atoms with Crippen LogP contribution in [0.4, 0.5) is 0 Å². The minimum absolute atomic E-state index is 0.775. The Morgan fingerprint density at radius 3 is 1.16 bits per heavy atom. The van der Waals surface area contributed by atoms with E-state index in [1.807, 2.05) is 24.3 Å². The highest BCUT2D eigenvalue weighted by molar-refractivity contribution is 6.35. The number of H-pyrrole nitrogens is 3. The normalized spacial score (nSPS) is 19.5. The third-order valence-electron chi connectivity index (χ3n) is 18.6. The van der Waals surface area contributed by atoms with Crippen molar-refractivity contribution in [3.63, 3.8) is 0 Å². The lowest BCUT2D eigenvalue weighted by Gasteiger charge is -2.23. The predicted molar refractivity (Wildman–Crippen MR) is 387 cm³/mol. The van der Waals surface area contributed by atoms with Crippen LogP contribution >= 0.6 is 0 Å². The lowest BCUT2D eigenvalue weighted by atomic mass is 10.2. The first kappa shape index (κ1) is 62.1. The van der Waals surface area contributed by atoms with Gasteiger partial charge in [0.2, 0.25) is 43.8 Å². The second-order valence-corrected chi connectivity index (χ2v) is 27.1. The van der Waals surface area contributed by atoms with Crippen LogP contribution in [-0.4, -0.2) is 198 Å². The highest BCUT2D eigenvalue weighted by Crippen LogP contribution is 2.22. The number of hydrogen-bond donors (Lipinski definition) is 2. The summed E-state index contributed by atoms with van der Waals surface area (Å²) in [6.07, 6.45) is 50.9. The molecule has 3 N–H and O–H groups in total. The zero-order chi connectivity index (χ0) is 67.3. The third-order valence-corrected chi connectivity index (χ3v) is 18.6. The van der Waals surface area contributed by atoms with Gasteiger partial charge in [0.1, 0.15) is 5.71 Å². The molecule has 101 heavy (non-hydrogen) atoms. The highest BCUT2D eigenvalue weighted by atomic mass is 15.4. The van der Waals surface area contributed by atoms with Gasteiger partial charge in [0.05, 0.1) is 166 Å². The molecule has 24 heteroatoms. The molecule has 0 unspecified atom stereocenters. The number of aromatic amines is 3. The van der Waals surface area contributed by atoms with E-state index >= 15 is 0 Å². The number of aliphatic imine (C=N–C) groups is 1. The van der Waals surface area contributed by atoms with Crippen LogP contribution in [0.25, 0.3) is 30.8 Å². The highest BCUT2D eigenvalue weighted by Gasteiger charge is 2.28. The van der Waals surface area contributed by atoms with Crippen molar-refractivity contribution in [1.29, 1.82) is 0 Å². The third kappa shape index (κ3) is 15.9. The van der Waals surface area contributed by atoms with Gasteiger partial charge in [-0.15, -0.1) is 0 Å². The largest absolute Gasteiger partial charge is 0.354 e. The van der Waals surface area contributed by atoms with E-state index in [-0.39, 0.29) is 0 Å². The molecule has 20 rings (SSSR count). The topological polar surface area (TPSA) is 161 Å². The molecule has 0 saturated carbocycles. The summed E-state index contributed by atoms with van der Waals surface area (Å²) in [5.41, 5.74) is 12.9. The number of pyridine rings is 5. The van der Waals surface area contributed by atoms with Gasteiger partial charge in [-0.3, -0.25) is 24.8 Å². The molecule has 32 bridgehead atoms. The van der Waals surface area contributed by atoms with E-state index in [0.29, 0.717) is 0 Å². The molecule has 7 aromatic heterocycles. The van der Waals surface area contributed by atoms with Crippen molar-refractivity contribution >= 4 is 55.1 Å². The van der Waals surface area contributed by atoms with Gasteiger partial charge in [0.15, 0.2) is 12.4 Å². The number of nitrogens with zero attached hydrogens (tertiary/aromatic N) is 21. The molecule has 0 radical (unpaired) electrons. The molecule has 20 heterocycles. The van der Waals surface area contributed by atoms with Crippen molar-refractivity contribution in [3.05, 3.63) is 298 Å². The fourth-order valence-corrected chi connectivity index (χ4v) is 13.9. The number of allylic oxidation sites excluding steroid dienone is 2. The van der Waals surface area contributed by atoms with Crippen LogP contribution in [-0.2, 0) is 52.4 Å². The molecule has 0 fully saturated rings. The standard InChI is InChI=1S/C20H22N6.C20H16N5.C19H20N6.C18H23N7/c1-3-17-11-23-7-9-25(15-23)13-19-5-2-6-20(22-19)14-26-10-8-24(16-26)12-18(4-1)21-17;1-2-15-10-17-4-6-19(22-17)12-24-8-9-25(14-24)13-20-7-5-18(23-20)11-16(3-1)21-15;1-2-16-10-22-6-8-24(14-22)12-18-4-5-19(21-18)13-25-9-7-23(15-25)11-17(3-1)20-16;1-2-17-10-20-4-6-22(12-20)14-24-8-9-25(16-24)15-23-7-5-21(13-23)11-18(3-1)19-17/h1-10H,11-16H2;1-13,22H,14H2;1-9,12-13,21H,10-11,14-15H2;1-9H,10-16H2/q;+1;;+2/p+1/b;;18-12-,19-13?;. The second-order valence-electron chi connectivity index (χ2n) is 27.1. The lowest BCUT2D eigenvalue weighted by Crippen LogP contribution is -2.36. The van der Waals surface area contributed by atoms with Crippen LogP contribution in [0.15, 0.2) is 225 Å². The number of nitrogens with one attached hydrogen (secondary N) is 3. The summed E-state index contributed by atoms with van der Waals surface area (Å²) in [5, 5.41) is 4.34. The zero-order valence-corrected chi connectivity index (χ0v) is 56.4. The van der Waals surface area contributed by atoms with Crippen LogP contribution < -0.4 is 26.4 Å². The molecule has 0 spiro atoms. The SMILES string of the molecule is C1=CC2=NC1=Cc1cccc([nH+]1)C=c1ccc([nH]1)=CN1C=C[N+](=C2)C1.C1=CN2CN1Cc1cccc(n1)CN1C=CN(C1)C[N+]1=CC=[N+](C2)C1.C1=CN2Cc3cccc(n3)CN3C=CN(/C=c4/ccc([nH]4)=CN1C2)C3.C1=CN2Cc3cccc(n3)CN3C=CN(Cc4cccc(n4)CN1C2)C3. The van der Waals surface area contributed by atoms with Gasteiger partial charge in [-0.2, -0.15) is 13.7 Å². The van der Waals surface area contributed by atoms with Crippen molar-refractivity contribution in [2.75, 3.05) is 66.7 Å². The molecular formula is C77H82N24+4. The van der Waals surface area contributed by atoms with Gasteiger partial charge < -0.3 is 68.8 Å². The minimum Gasteiger partial charge on any atom is -0.354 e. The second kappa shape index (κ2) is 28.2. The predicted octanol–water partition coefficient (Wildman–Crippen LogP) is 3.80. The molecule has 7 aromatic rings. The van der Waals surface area contributed by atoms with E-state index in [1.54, 1.807) is 0 Å². The Morgan fingerprint density at radius 2 is 0.703 bits per heavy atom. The van der Waals surface area contributed by atoms with Crippen molar-refractivity contribution in [2.45, 2.75) is 52.4 Å². The summed E-state index contributed by atoms with van der Waals surface area (Å²) >= 11 is 0. The Balaban J connectivity index is 0.000000100. The van der Waals surface area contributed by atoms with Gasteiger partial charge in [0.25, 0.3) is 0 Å². The van der Waals surface area contributed by atoms with E-state index in [4.69, 9.17) is 19.9 Å². The maximum Gasteiger partial charge on any atom is 0.337 e. The average Bonchev–Trinajstić information content (AvgIpc) is 1.77. The van der Waals surface area contributed by atoms with Crippen LogP contribution in [0.1, 0.15) is 56.9 Å². The molecule has 0 atom stereocenters. The first-order chi connectivity index (χ1) is 49.7. The Kier molecular flexibility index (Phi) is 17.3. The quantitative estimate of drug-likeness (QED) is 0.211. The molecular weight excluding hydrogens is 1260 g/mol. The maximum absolute atomic E-state index is 4.86. The number of aromatic nitrogens is 7. The Bertz CT molecular complexity index is 4700. The Labute approximate surface area is 586 Å². The molecule has 13 aliphatic heterocycles. The van der Waals surface area contributed by atoms with Gasteiger partial charge in [0, 0.05) is 123 Å². The number of fused-ring (bicyclic) bond motifs is 31. The first-order valence-electron chi connectivity index (χ1n) is 34.5. The average molecular weight is 1340 g/mol. The van der Waals surface area contributed by atoms with Crippen LogP contribution in [0.5, 0.6) is 0 Å². The van der Waals surface area contributed by atoms with Crippen molar-refractivity contribution in [3.8, 4) is 0 Å². The molecule has 506 valence electrons.